The highest BCUT2D eigenvalue weighted by atomic mass is 16.5. The van der Waals surface area contributed by atoms with E-state index >= 15 is 0 Å². The predicted octanol–water partition coefficient (Wildman–Crippen LogP) is 1.11. The predicted molar refractivity (Wildman–Crippen MR) is 114 cm³/mol. The zero-order chi connectivity index (χ0) is 21.8. The van der Waals surface area contributed by atoms with E-state index in [9.17, 15) is 19.6 Å². The number of amides is 3. The molecule has 4 atom stereocenters. The van der Waals surface area contributed by atoms with E-state index in [1.165, 1.54) is 5.56 Å². The molecule has 1 aromatic rings. The summed E-state index contributed by atoms with van der Waals surface area (Å²) in [6, 6.07) is 9.49. The number of hydroxylamine groups is 1. The number of nitrogens with one attached hydrogen (secondary N) is 2. The van der Waals surface area contributed by atoms with Gasteiger partial charge in [0.25, 0.3) is 0 Å². The van der Waals surface area contributed by atoms with Gasteiger partial charge in [-0.2, -0.15) is 0 Å². The standard InChI is InChI=1S/C23H32N4O4/c28-20(26-9-4-5-10-26)13-16-12-19(22(29)25-31)21(24-14-16)23(30)27-11-8-18(15-27)17-6-2-1-3-7-17/h1-3,6-7,16,18-19,21,24,31H,4-5,8-15H2,(H,25,29)/t16?,18-,19-,21-/m0/s1. The number of hydrogen-bond acceptors (Lipinski definition) is 5. The van der Waals surface area contributed by atoms with Crippen LogP contribution in [0.2, 0.25) is 0 Å². The van der Waals surface area contributed by atoms with Gasteiger partial charge < -0.3 is 15.1 Å². The SMILES string of the molecule is O=C(NO)[C@H]1CC(CC(=O)N2CCCC2)CN[C@@H]1C(=O)N1CC[C@H](c2ccccc2)C1. The zero-order valence-corrected chi connectivity index (χ0v) is 17.8. The maximum absolute atomic E-state index is 13.3. The molecule has 3 heterocycles. The molecule has 3 saturated heterocycles. The minimum Gasteiger partial charge on any atom is -0.343 e. The molecule has 3 N–H and O–H groups in total. The maximum atomic E-state index is 13.3. The summed E-state index contributed by atoms with van der Waals surface area (Å²) >= 11 is 0. The van der Waals surface area contributed by atoms with Crippen LogP contribution in [0.3, 0.4) is 0 Å². The zero-order valence-electron chi connectivity index (χ0n) is 17.8. The molecule has 31 heavy (non-hydrogen) atoms. The van der Waals surface area contributed by atoms with Crippen LogP contribution in [0.25, 0.3) is 0 Å². The van der Waals surface area contributed by atoms with Crippen LogP contribution >= 0.6 is 0 Å². The molecule has 0 aromatic heterocycles. The minimum absolute atomic E-state index is 0.0323. The summed E-state index contributed by atoms with van der Waals surface area (Å²) in [4.78, 5) is 41.9. The largest absolute Gasteiger partial charge is 0.343 e. The smallest absolute Gasteiger partial charge is 0.248 e. The Kier molecular flexibility index (Phi) is 6.87. The van der Waals surface area contributed by atoms with Crippen molar-refractivity contribution < 1.29 is 19.6 Å². The molecular formula is C23H32N4O4. The molecule has 0 spiro atoms. The Morgan fingerprint density at radius 3 is 2.52 bits per heavy atom. The third-order valence-corrected chi connectivity index (χ3v) is 7.02. The van der Waals surface area contributed by atoms with E-state index in [1.807, 2.05) is 28.0 Å². The summed E-state index contributed by atoms with van der Waals surface area (Å²) in [5.74, 6) is -0.986. The van der Waals surface area contributed by atoms with E-state index in [0.29, 0.717) is 38.4 Å². The van der Waals surface area contributed by atoms with Crippen molar-refractivity contribution in [3.8, 4) is 0 Å². The number of carbonyl (C=O) groups excluding carboxylic acids is 3. The first-order chi connectivity index (χ1) is 15.1. The molecule has 8 nitrogen and oxygen atoms in total. The molecular weight excluding hydrogens is 396 g/mol. The third kappa shape index (κ3) is 4.91. The van der Waals surface area contributed by atoms with Gasteiger partial charge in [-0.05, 0) is 43.7 Å². The summed E-state index contributed by atoms with van der Waals surface area (Å²) in [5.41, 5.74) is 2.95. The fraction of sp³-hybridized carbons (Fsp3) is 0.609. The van der Waals surface area contributed by atoms with Crippen molar-refractivity contribution in [3.63, 3.8) is 0 Å². The lowest BCUT2D eigenvalue weighted by Gasteiger charge is -2.37. The second-order valence-electron chi connectivity index (χ2n) is 9.04. The molecule has 1 unspecified atom stereocenters. The van der Waals surface area contributed by atoms with E-state index in [-0.39, 0.29) is 17.7 Å². The van der Waals surface area contributed by atoms with Crippen LogP contribution in [-0.4, -0.2) is 71.5 Å². The molecule has 1 aromatic carbocycles. The lowest BCUT2D eigenvalue weighted by molar-refractivity contribution is -0.144. The average Bonchev–Trinajstić information content (AvgIpc) is 3.51. The summed E-state index contributed by atoms with van der Waals surface area (Å²) in [6.07, 6.45) is 3.75. The summed E-state index contributed by atoms with van der Waals surface area (Å²) in [5, 5.41) is 12.5. The van der Waals surface area contributed by atoms with Gasteiger partial charge in [-0.3, -0.25) is 19.6 Å². The van der Waals surface area contributed by atoms with Crippen LogP contribution in [0.4, 0.5) is 0 Å². The average molecular weight is 429 g/mol. The third-order valence-electron chi connectivity index (χ3n) is 7.02. The number of piperidine rings is 1. The van der Waals surface area contributed by atoms with E-state index in [2.05, 4.69) is 17.4 Å². The molecule has 3 fully saturated rings. The van der Waals surface area contributed by atoms with Gasteiger partial charge in [0, 0.05) is 38.5 Å². The highest BCUT2D eigenvalue weighted by molar-refractivity contribution is 5.90. The Balaban J connectivity index is 1.38. The Morgan fingerprint density at radius 2 is 1.81 bits per heavy atom. The van der Waals surface area contributed by atoms with E-state index in [4.69, 9.17) is 0 Å². The summed E-state index contributed by atoms with van der Waals surface area (Å²) in [7, 11) is 0. The molecule has 0 aliphatic carbocycles. The van der Waals surface area contributed by atoms with Gasteiger partial charge in [-0.1, -0.05) is 30.3 Å². The number of nitrogens with zero attached hydrogens (tertiary/aromatic N) is 2. The number of hydrogen-bond donors (Lipinski definition) is 3. The first-order valence-corrected chi connectivity index (χ1v) is 11.4. The first-order valence-electron chi connectivity index (χ1n) is 11.4. The molecule has 3 aliphatic heterocycles. The molecule has 4 rings (SSSR count). The van der Waals surface area contributed by atoms with Gasteiger partial charge in [0.15, 0.2) is 0 Å². The topological polar surface area (TPSA) is 102 Å². The maximum Gasteiger partial charge on any atom is 0.248 e. The second-order valence-corrected chi connectivity index (χ2v) is 9.04. The van der Waals surface area contributed by atoms with Crippen molar-refractivity contribution in [2.45, 2.75) is 44.1 Å². The molecule has 3 amide bonds. The fourth-order valence-electron chi connectivity index (χ4n) is 5.27. The molecule has 0 bridgehead atoms. The number of carbonyl (C=O) groups is 3. The lowest BCUT2D eigenvalue weighted by Crippen LogP contribution is -2.58. The van der Waals surface area contributed by atoms with Crippen LogP contribution in [0.5, 0.6) is 0 Å². The highest BCUT2D eigenvalue weighted by Gasteiger charge is 2.43. The number of benzene rings is 1. The Hall–Kier alpha value is -2.45. The number of rotatable bonds is 5. The van der Waals surface area contributed by atoms with Gasteiger partial charge in [0.2, 0.25) is 17.7 Å². The van der Waals surface area contributed by atoms with Crippen molar-refractivity contribution in [1.82, 2.24) is 20.6 Å². The van der Waals surface area contributed by atoms with Crippen molar-refractivity contribution in [2.75, 3.05) is 32.7 Å². The highest BCUT2D eigenvalue weighted by Crippen LogP contribution is 2.31. The van der Waals surface area contributed by atoms with Gasteiger partial charge in [0.05, 0.1) is 12.0 Å². The monoisotopic (exact) mass is 428 g/mol. The van der Waals surface area contributed by atoms with Gasteiger partial charge >= 0.3 is 0 Å². The first kappa shape index (κ1) is 21.8. The Morgan fingerprint density at radius 1 is 1.06 bits per heavy atom. The lowest BCUT2D eigenvalue weighted by atomic mass is 9.81. The minimum atomic E-state index is -0.696. The summed E-state index contributed by atoms with van der Waals surface area (Å²) in [6.45, 7) is 3.41. The fourth-order valence-corrected chi connectivity index (χ4v) is 5.27. The van der Waals surface area contributed by atoms with Gasteiger partial charge in [0.1, 0.15) is 0 Å². The quantitative estimate of drug-likeness (QED) is 0.482. The van der Waals surface area contributed by atoms with Gasteiger partial charge in [-0.25, -0.2) is 5.48 Å². The van der Waals surface area contributed by atoms with E-state index < -0.39 is 17.9 Å². The van der Waals surface area contributed by atoms with Crippen LogP contribution in [0, 0.1) is 11.8 Å². The Labute approximate surface area is 182 Å². The van der Waals surface area contributed by atoms with Crippen LogP contribution in [0.15, 0.2) is 30.3 Å². The molecule has 3 aliphatic rings. The van der Waals surface area contributed by atoms with Crippen molar-refractivity contribution in [3.05, 3.63) is 35.9 Å². The Bertz CT molecular complexity index is 796. The van der Waals surface area contributed by atoms with Crippen LogP contribution in [0.1, 0.15) is 43.6 Å². The van der Waals surface area contributed by atoms with E-state index in [0.717, 1.165) is 32.4 Å². The summed E-state index contributed by atoms with van der Waals surface area (Å²) < 4.78 is 0. The molecule has 0 saturated carbocycles. The second kappa shape index (κ2) is 9.78. The van der Waals surface area contributed by atoms with Crippen molar-refractivity contribution >= 4 is 17.7 Å². The van der Waals surface area contributed by atoms with Crippen LogP contribution < -0.4 is 10.8 Å². The van der Waals surface area contributed by atoms with Crippen molar-refractivity contribution in [1.29, 1.82) is 0 Å². The van der Waals surface area contributed by atoms with Crippen LogP contribution in [-0.2, 0) is 14.4 Å². The van der Waals surface area contributed by atoms with Crippen molar-refractivity contribution in [2.24, 2.45) is 11.8 Å². The molecule has 0 radical (unpaired) electrons. The molecule has 168 valence electrons. The van der Waals surface area contributed by atoms with Gasteiger partial charge in [-0.15, -0.1) is 0 Å². The normalized spacial score (nSPS) is 28.5. The van der Waals surface area contributed by atoms with E-state index in [1.54, 1.807) is 5.48 Å². The molecule has 8 heteroatoms. The number of likely N-dealkylation sites (tertiary alicyclic amines) is 2.